The van der Waals surface area contributed by atoms with Crippen LogP contribution in [-0.2, 0) is 11.3 Å². The number of carbonyl (C=O) groups excluding carboxylic acids is 1. The van der Waals surface area contributed by atoms with Crippen LogP contribution in [0.25, 0.3) is 11.4 Å². The number of nitrogens with one attached hydrogen (secondary N) is 1. The van der Waals surface area contributed by atoms with Gasteiger partial charge in [-0.1, -0.05) is 37.2 Å². The normalized spacial score (nSPS) is 10.9. The van der Waals surface area contributed by atoms with Crippen molar-refractivity contribution in [1.29, 1.82) is 0 Å². The van der Waals surface area contributed by atoms with Crippen molar-refractivity contribution in [2.45, 2.75) is 25.5 Å². The zero-order chi connectivity index (χ0) is 21.7. The van der Waals surface area contributed by atoms with Crippen LogP contribution in [0.2, 0.25) is 5.02 Å². The maximum Gasteiger partial charge on any atom is 0.335 e. The summed E-state index contributed by atoms with van der Waals surface area (Å²) in [4.78, 5) is 23.2. The zero-order valence-electron chi connectivity index (χ0n) is 16.5. The number of carboxylic acid groups (broad SMARTS) is 1. The molecule has 2 aromatic carbocycles. The number of amides is 1. The van der Waals surface area contributed by atoms with E-state index >= 15 is 0 Å². The monoisotopic (exact) mass is 444 g/mol. The van der Waals surface area contributed by atoms with Crippen LogP contribution in [0.1, 0.15) is 24.2 Å². The van der Waals surface area contributed by atoms with E-state index in [9.17, 15) is 9.59 Å². The Morgan fingerprint density at radius 3 is 2.37 bits per heavy atom. The summed E-state index contributed by atoms with van der Waals surface area (Å²) in [7, 11) is 0. The lowest BCUT2D eigenvalue weighted by Gasteiger charge is -2.12. The van der Waals surface area contributed by atoms with Gasteiger partial charge in [0.05, 0.1) is 11.3 Å². The van der Waals surface area contributed by atoms with Gasteiger partial charge in [-0.2, -0.15) is 0 Å². The summed E-state index contributed by atoms with van der Waals surface area (Å²) in [5.74, 6) is 0.0255. The second-order valence-corrected chi connectivity index (χ2v) is 8.42. The topological polar surface area (TPSA) is 97.1 Å². The maximum atomic E-state index is 12.3. The Kier molecular flexibility index (Phi) is 7.12. The molecular formula is C21H21ClN4O3S. The molecule has 0 radical (unpaired) electrons. The minimum absolute atomic E-state index is 0.150. The maximum absolute atomic E-state index is 12.3. The van der Waals surface area contributed by atoms with Gasteiger partial charge < -0.3 is 15.0 Å². The van der Waals surface area contributed by atoms with Crippen molar-refractivity contribution in [2.75, 3.05) is 11.1 Å². The van der Waals surface area contributed by atoms with Gasteiger partial charge in [0.1, 0.15) is 0 Å². The molecule has 30 heavy (non-hydrogen) atoms. The molecule has 156 valence electrons. The highest BCUT2D eigenvalue weighted by molar-refractivity contribution is 7.99. The number of hydrogen-bond donors (Lipinski definition) is 2. The van der Waals surface area contributed by atoms with Crippen LogP contribution in [0.3, 0.4) is 0 Å². The van der Waals surface area contributed by atoms with Crippen LogP contribution >= 0.6 is 23.4 Å². The molecule has 0 spiro atoms. The average molecular weight is 445 g/mol. The van der Waals surface area contributed by atoms with Gasteiger partial charge in [-0.25, -0.2) is 4.79 Å². The predicted octanol–water partition coefficient (Wildman–Crippen LogP) is 4.68. The molecule has 0 bridgehead atoms. The van der Waals surface area contributed by atoms with Crippen LogP contribution in [-0.4, -0.2) is 37.5 Å². The van der Waals surface area contributed by atoms with E-state index in [2.05, 4.69) is 29.4 Å². The van der Waals surface area contributed by atoms with Crippen LogP contribution in [0.4, 0.5) is 5.69 Å². The number of halogens is 1. The molecule has 2 N–H and O–H groups in total. The Morgan fingerprint density at radius 2 is 1.77 bits per heavy atom. The summed E-state index contributed by atoms with van der Waals surface area (Å²) in [6.45, 7) is 4.92. The standard InChI is InChI=1S/C21H21ClN4O3S/c1-13(2)11-26-19(14-3-7-16(22)8-4-14)24-25-21(26)30-12-18(27)23-17-9-5-15(6-10-17)20(28)29/h3-10,13H,11-12H2,1-2H3,(H,23,27)(H,28,29). The third kappa shape index (κ3) is 5.61. The largest absolute Gasteiger partial charge is 0.478 e. The van der Waals surface area contributed by atoms with E-state index in [0.29, 0.717) is 28.3 Å². The van der Waals surface area contributed by atoms with Gasteiger partial charge in [0.2, 0.25) is 5.91 Å². The number of anilines is 1. The Bertz CT molecular complexity index is 1030. The third-order valence-electron chi connectivity index (χ3n) is 4.11. The van der Waals surface area contributed by atoms with Gasteiger partial charge >= 0.3 is 5.97 Å². The Hall–Kier alpha value is -2.84. The van der Waals surface area contributed by atoms with Crippen LogP contribution < -0.4 is 5.32 Å². The van der Waals surface area contributed by atoms with E-state index in [1.807, 2.05) is 16.7 Å². The molecule has 1 aromatic heterocycles. The Labute approximate surface area is 183 Å². The quantitative estimate of drug-likeness (QED) is 0.489. The second kappa shape index (κ2) is 9.77. The summed E-state index contributed by atoms with van der Waals surface area (Å²) < 4.78 is 2.01. The molecule has 0 aliphatic carbocycles. The fourth-order valence-electron chi connectivity index (χ4n) is 2.76. The van der Waals surface area contributed by atoms with Crippen molar-refractivity contribution >= 4 is 40.9 Å². The highest BCUT2D eigenvalue weighted by Crippen LogP contribution is 2.26. The fraction of sp³-hybridized carbons (Fsp3) is 0.238. The summed E-state index contributed by atoms with van der Waals surface area (Å²) in [5.41, 5.74) is 1.61. The molecule has 0 aliphatic rings. The lowest BCUT2D eigenvalue weighted by molar-refractivity contribution is -0.113. The Balaban J connectivity index is 1.70. The molecule has 1 heterocycles. The third-order valence-corrected chi connectivity index (χ3v) is 5.33. The zero-order valence-corrected chi connectivity index (χ0v) is 18.1. The van der Waals surface area contributed by atoms with Crippen molar-refractivity contribution in [2.24, 2.45) is 5.92 Å². The average Bonchev–Trinajstić information content (AvgIpc) is 3.09. The number of nitrogens with zero attached hydrogens (tertiary/aromatic N) is 3. The van der Waals surface area contributed by atoms with E-state index in [0.717, 1.165) is 11.4 Å². The molecule has 0 atom stereocenters. The highest BCUT2D eigenvalue weighted by Gasteiger charge is 2.17. The van der Waals surface area contributed by atoms with Crippen molar-refractivity contribution < 1.29 is 14.7 Å². The lowest BCUT2D eigenvalue weighted by atomic mass is 10.2. The van der Waals surface area contributed by atoms with Gasteiger partial charge in [0.15, 0.2) is 11.0 Å². The smallest absolute Gasteiger partial charge is 0.335 e. The highest BCUT2D eigenvalue weighted by atomic mass is 35.5. The van der Waals surface area contributed by atoms with Crippen molar-refractivity contribution in [3.05, 3.63) is 59.1 Å². The first-order chi connectivity index (χ1) is 14.3. The molecule has 0 fully saturated rings. The van der Waals surface area contributed by atoms with Gasteiger partial charge in [-0.15, -0.1) is 10.2 Å². The van der Waals surface area contributed by atoms with Gasteiger partial charge in [0, 0.05) is 22.8 Å². The number of hydrogen-bond acceptors (Lipinski definition) is 5. The number of carbonyl (C=O) groups is 2. The second-order valence-electron chi connectivity index (χ2n) is 7.04. The molecule has 3 aromatic rings. The molecular weight excluding hydrogens is 424 g/mol. The Morgan fingerprint density at radius 1 is 1.10 bits per heavy atom. The molecule has 0 saturated carbocycles. The first-order valence-electron chi connectivity index (χ1n) is 9.28. The first kappa shape index (κ1) is 21.9. The van der Waals surface area contributed by atoms with E-state index in [1.54, 1.807) is 24.3 Å². The molecule has 3 rings (SSSR count). The van der Waals surface area contributed by atoms with Crippen LogP contribution in [0, 0.1) is 5.92 Å². The number of thioether (sulfide) groups is 1. The summed E-state index contributed by atoms with van der Waals surface area (Å²) in [5, 5.41) is 21.6. The molecule has 7 nitrogen and oxygen atoms in total. The molecule has 9 heteroatoms. The number of carboxylic acids is 1. The predicted molar refractivity (Wildman–Crippen MR) is 118 cm³/mol. The molecule has 1 amide bonds. The van der Waals surface area contributed by atoms with Crippen molar-refractivity contribution in [3.63, 3.8) is 0 Å². The van der Waals surface area contributed by atoms with E-state index in [1.165, 1.54) is 23.9 Å². The summed E-state index contributed by atoms with van der Waals surface area (Å²) in [6.07, 6.45) is 0. The first-order valence-corrected chi connectivity index (χ1v) is 10.6. The van der Waals surface area contributed by atoms with Crippen LogP contribution in [0.15, 0.2) is 53.7 Å². The van der Waals surface area contributed by atoms with E-state index in [-0.39, 0.29) is 17.2 Å². The number of rotatable bonds is 8. The van der Waals surface area contributed by atoms with E-state index < -0.39 is 5.97 Å². The minimum Gasteiger partial charge on any atom is -0.478 e. The summed E-state index contributed by atoms with van der Waals surface area (Å²) in [6, 6.07) is 13.4. The molecule has 0 saturated heterocycles. The van der Waals surface area contributed by atoms with Gasteiger partial charge in [0.25, 0.3) is 0 Å². The fourth-order valence-corrected chi connectivity index (χ4v) is 3.63. The SMILES string of the molecule is CC(C)Cn1c(SCC(=O)Nc2ccc(C(=O)O)cc2)nnc1-c1ccc(Cl)cc1. The van der Waals surface area contributed by atoms with Gasteiger partial charge in [-0.3, -0.25) is 4.79 Å². The molecule has 0 aliphatic heterocycles. The summed E-state index contributed by atoms with van der Waals surface area (Å²) >= 11 is 7.28. The van der Waals surface area contributed by atoms with Crippen molar-refractivity contribution in [3.8, 4) is 11.4 Å². The number of aromatic carboxylic acids is 1. The van der Waals surface area contributed by atoms with Crippen molar-refractivity contribution in [1.82, 2.24) is 14.8 Å². The van der Waals surface area contributed by atoms with Gasteiger partial charge in [-0.05, 0) is 54.4 Å². The molecule has 0 unspecified atom stereocenters. The van der Waals surface area contributed by atoms with E-state index in [4.69, 9.17) is 16.7 Å². The lowest BCUT2D eigenvalue weighted by Crippen LogP contribution is -2.15. The number of benzene rings is 2. The minimum atomic E-state index is -1.01. The van der Waals surface area contributed by atoms with Crippen LogP contribution in [0.5, 0.6) is 0 Å². The number of aromatic nitrogens is 3.